The van der Waals surface area contributed by atoms with Crippen LogP contribution in [0, 0.1) is 5.92 Å². The van der Waals surface area contributed by atoms with Crippen LogP contribution in [0.25, 0.3) is 0 Å². The molecule has 0 N–H and O–H groups in total. The van der Waals surface area contributed by atoms with Crippen molar-refractivity contribution in [3.63, 3.8) is 0 Å². The van der Waals surface area contributed by atoms with E-state index in [1.165, 1.54) is 10.6 Å². The van der Waals surface area contributed by atoms with E-state index in [1.807, 2.05) is 11.1 Å². The predicted molar refractivity (Wildman–Crippen MR) is 99.4 cm³/mol. The van der Waals surface area contributed by atoms with Crippen LogP contribution < -0.4 is 0 Å². The maximum atomic E-state index is 12.7. The van der Waals surface area contributed by atoms with E-state index < -0.39 is 10.0 Å². The van der Waals surface area contributed by atoms with Crippen molar-refractivity contribution < 1.29 is 18.0 Å². The quantitative estimate of drug-likeness (QED) is 0.645. The highest BCUT2D eigenvalue weighted by atomic mass is 32.2. The van der Waals surface area contributed by atoms with E-state index in [4.69, 9.17) is 0 Å². The van der Waals surface area contributed by atoms with Crippen molar-refractivity contribution in [2.24, 2.45) is 5.92 Å². The first-order valence-corrected chi connectivity index (χ1v) is 11.6. The van der Waals surface area contributed by atoms with Gasteiger partial charge in [-0.25, -0.2) is 17.4 Å². The Balaban J connectivity index is 1.26. The lowest BCUT2D eigenvalue weighted by Crippen LogP contribution is -2.54. The Labute approximate surface area is 164 Å². The van der Waals surface area contributed by atoms with Gasteiger partial charge in [0.1, 0.15) is 5.69 Å². The zero-order valence-corrected chi connectivity index (χ0v) is 16.8. The number of hydrogen-bond donors (Lipinski definition) is 0. The molecule has 3 fully saturated rings. The predicted octanol–water partition coefficient (Wildman–Crippen LogP) is -0.545. The maximum absolute atomic E-state index is 12.7. The van der Waals surface area contributed by atoms with Gasteiger partial charge in [-0.15, -0.1) is 5.10 Å². The van der Waals surface area contributed by atoms with Crippen molar-refractivity contribution in [2.45, 2.75) is 38.3 Å². The van der Waals surface area contributed by atoms with Crippen LogP contribution in [0.3, 0.4) is 0 Å². The number of sulfonamides is 1. The minimum Gasteiger partial charge on any atom is -0.338 e. The minimum absolute atomic E-state index is 0.104. The molecule has 11 heteroatoms. The molecule has 10 nitrogen and oxygen atoms in total. The molecule has 3 aliphatic heterocycles. The largest absolute Gasteiger partial charge is 0.338 e. The second kappa shape index (κ2) is 7.43. The molecule has 0 bridgehead atoms. The summed E-state index contributed by atoms with van der Waals surface area (Å²) in [5, 5.41) is 8.33. The van der Waals surface area contributed by atoms with Crippen molar-refractivity contribution in [1.82, 2.24) is 29.1 Å². The number of nitrogens with zero attached hydrogens (tertiary/aromatic N) is 6. The van der Waals surface area contributed by atoms with Crippen molar-refractivity contribution in [3.8, 4) is 0 Å². The number of rotatable bonds is 5. The fourth-order valence-corrected chi connectivity index (χ4v) is 5.00. The molecule has 0 radical (unpaired) electrons. The molecule has 4 rings (SSSR count). The van der Waals surface area contributed by atoms with E-state index in [2.05, 4.69) is 10.3 Å². The van der Waals surface area contributed by atoms with Gasteiger partial charge in [-0.3, -0.25) is 9.59 Å². The number of likely N-dealkylation sites (tertiary alicyclic amines) is 2. The Morgan fingerprint density at radius 2 is 1.93 bits per heavy atom. The SMILES string of the molecule is CS(=O)(=O)N1CCC(C(=O)N2CC(n3cc(CN4CCCC4=O)nn3)C2)CC1. The summed E-state index contributed by atoms with van der Waals surface area (Å²) in [5.74, 6) is 0.163. The van der Waals surface area contributed by atoms with Crippen LogP contribution in [0.2, 0.25) is 0 Å². The fraction of sp³-hybridized carbons (Fsp3) is 0.765. The third-order valence-electron chi connectivity index (χ3n) is 5.90. The van der Waals surface area contributed by atoms with Gasteiger partial charge in [0.25, 0.3) is 0 Å². The summed E-state index contributed by atoms with van der Waals surface area (Å²) < 4.78 is 26.4. The minimum atomic E-state index is -3.18. The number of amides is 2. The zero-order chi connectivity index (χ0) is 19.9. The van der Waals surface area contributed by atoms with E-state index in [9.17, 15) is 18.0 Å². The number of piperidine rings is 1. The molecule has 2 amide bonds. The summed E-state index contributed by atoms with van der Waals surface area (Å²) in [7, 11) is -3.18. The molecule has 0 aromatic carbocycles. The Morgan fingerprint density at radius 3 is 2.54 bits per heavy atom. The molecule has 0 aliphatic carbocycles. The first kappa shape index (κ1) is 19.3. The molecule has 3 aliphatic rings. The van der Waals surface area contributed by atoms with Gasteiger partial charge in [-0.2, -0.15) is 0 Å². The third kappa shape index (κ3) is 3.90. The van der Waals surface area contributed by atoms with Crippen LogP contribution in [-0.2, 0) is 26.2 Å². The zero-order valence-electron chi connectivity index (χ0n) is 16.0. The summed E-state index contributed by atoms with van der Waals surface area (Å²) in [4.78, 5) is 28.0. The van der Waals surface area contributed by atoms with Gasteiger partial charge in [0.2, 0.25) is 21.8 Å². The van der Waals surface area contributed by atoms with Gasteiger partial charge in [-0.05, 0) is 19.3 Å². The Morgan fingerprint density at radius 1 is 1.21 bits per heavy atom. The Hall–Kier alpha value is -2.01. The van der Waals surface area contributed by atoms with E-state index in [-0.39, 0.29) is 23.8 Å². The Bertz CT molecular complexity index is 855. The fourth-order valence-electron chi connectivity index (χ4n) is 4.13. The number of hydrogen-bond acceptors (Lipinski definition) is 6. The number of aromatic nitrogens is 3. The van der Waals surface area contributed by atoms with Crippen LogP contribution in [-0.4, -0.2) is 88.3 Å². The normalized spacial score (nSPS) is 22.7. The second-order valence-corrected chi connectivity index (χ2v) is 9.92. The topological polar surface area (TPSA) is 109 Å². The van der Waals surface area contributed by atoms with Crippen LogP contribution in [0.1, 0.15) is 37.4 Å². The van der Waals surface area contributed by atoms with E-state index >= 15 is 0 Å². The highest BCUT2D eigenvalue weighted by Gasteiger charge is 2.38. The number of carbonyl (C=O) groups excluding carboxylic acids is 2. The van der Waals surface area contributed by atoms with Crippen molar-refractivity contribution in [3.05, 3.63) is 11.9 Å². The lowest BCUT2D eigenvalue weighted by molar-refractivity contribution is -0.143. The van der Waals surface area contributed by atoms with Gasteiger partial charge in [0.05, 0.1) is 25.0 Å². The van der Waals surface area contributed by atoms with Crippen molar-refractivity contribution >= 4 is 21.8 Å². The first-order chi connectivity index (χ1) is 13.3. The van der Waals surface area contributed by atoms with Crippen LogP contribution in [0.15, 0.2) is 6.20 Å². The van der Waals surface area contributed by atoms with E-state index in [0.29, 0.717) is 52.0 Å². The molecule has 0 spiro atoms. The molecular formula is C17H26N6O4S. The third-order valence-corrected chi connectivity index (χ3v) is 7.21. The van der Waals surface area contributed by atoms with Crippen molar-refractivity contribution in [1.29, 1.82) is 0 Å². The van der Waals surface area contributed by atoms with Gasteiger partial charge in [-0.1, -0.05) is 5.21 Å². The second-order valence-electron chi connectivity index (χ2n) is 7.94. The highest BCUT2D eigenvalue weighted by molar-refractivity contribution is 7.88. The average molecular weight is 411 g/mol. The summed E-state index contributed by atoms with van der Waals surface area (Å²) in [6.45, 7) is 3.28. The Kier molecular flexibility index (Phi) is 5.13. The van der Waals surface area contributed by atoms with Crippen molar-refractivity contribution in [2.75, 3.05) is 39.0 Å². The smallest absolute Gasteiger partial charge is 0.225 e. The van der Waals surface area contributed by atoms with Gasteiger partial charge < -0.3 is 9.80 Å². The molecule has 28 heavy (non-hydrogen) atoms. The molecule has 4 heterocycles. The maximum Gasteiger partial charge on any atom is 0.225 e. The van der Waals surface area contributed by atoms with E-state index in [1.54, 1.807) is 9.58 Å². The average Bonchev–Trinajstić information content (AvgIpc) is 3.23. The molecule has 0 unspecified atom stereocenters. The molecule has 3 saturated heterocycles. The molecule has 1 aromatic heterocycles. The summed E-state index contributed by atoms with van der Waals surface area (Å²) in [6, 6.07) is 0.107. The van der Waals surface area contributed by atoms with Crippen LogP contribution in [0.5, 0.6) is 0 Å². The number of carbonyl (C=O) groups is 2. The van der Waals surface area contributed by atoms with E-state index in [0.717, 1.165) is 18.7 Å². The monoisotopic (exact) mass is 410 g/mol. The summed E-state index contributed by atoms with van der Waals surface area (Å²) >= 11 is 0. The molecular weight excluding hydrogens is 384 g/mol. The standard InChI is InChI=1S/C17H26N6O4S/c1-28(26,27)22-7-4-13(5-8-22)17(25)21-11-15(12-21)23-10-14(18-19-23)9-20-6-2-3-16(20)24/h10,13,15H,2-9,11-12H2,1H3. The summed E-state index contributed by atoms with van der Waals surface area (Å²) in [6.07, 6.45) is 5.73. The van der Waals surface area contributed by atoms with Gasteiger partial charge in [0, 0.05) is 45.1 Å². The van der Waals surface area contributed by atoms with Crippen LogP contribution >= 0.6 is 0 Å². The molecule has 1 aromatic rings. The van der Waals surface area contributed by atoms with Crippen LogP contribution in [0.4, 0.5) is 0 Å². The molecule has 0 atom stereocenters. The molecule has 154 valence electrons. The first-order valence-electron chi connectivity index (χ1n) is 9.73. The lowest BCUT2D eigenvalue weighted by Gasteiger charge is -2.42. The van der Waals surface area contributed by atoms with Gasteiger partial charge in [0.15, 0.2) is 0 Å². The summed E-state index contributed by atoms with van der Waals surface area (Å²) in [5.41, 5.74) is 0.771. The molecule has 0 saturated carbocycles. The highest BCUT2D eigenvalue weighted by Crippen LogP contribution is 2.27. The van der Waals surface area contributed by atoms with Gasteiger partial charge >= 0.3 is 0 Å². The lowest BCUT2D eigenvalue weighted by atomic mass is 9.94.